The van der Waals surface area contributed by atoms with E-state index >= 15 is 0 Å². The summed E-state index contributed by atoms with van der Waals surface area (Å²) >= 11 is 6.02. The Balaban J connectivity index is 1.55. The molecule has 1 unspecified atom stereocenters. The van der Waals surface area contributed by atoms with Crippen molar-refractivity contribution in [1.29, 1.82) is 5.26 Å². The molecule has 4 aromatic carbocycles. The number of ether oxygens (including phenoxy) is 1. The van der Waals surface area contributed by atoms with Crippen molar-refractivity contribution < 1.29 is 9.53 Å². The number of ketones is 1. The molecule has 0 amide bonds. The van der Waals surface area contributed by atoms with Gasteiger partial charge < -0.3 is 4.74 Å². The summed E-state index contributed by atoms with van der Waals surface area (Å²) in [4.78, 5) is 18.3. The third kappa shape index (κ3) is 3.80. The van der Waals surface area contributed by atoms with Crippen LogP contribution >= 0.6 is 11.6 Å². The maximum Gasteiger partial charge on any atom is 0.223 e. The molecule has 0 saturated carbocycles. The van der Waals surface area contributed by atoms with Gasteiger partial charge in [0.2, 0.25) is 5.88 Å². The average Bonchev–Trinajstić information content (AvgIpc) is 2.92. The largest absolute Gasteiger partial charge is 0.437 e. The predicted molar refractivity (Wildman–Crippen MR) is 142 cm³/mol. The molecule has 1 atom stereocenters. The van der Waals surface area contributed by atoms with Gasteiger partial charge in [-0.2, -0.15) is 5.26 Å². The van der Waals surface area contributed by atoms with Crippen LogP contribution in [0.15, 0.2) is 103 Å². The maximum atomic E-state index is 13.3. The average molecular weight is 487 g/mol. The molecule has 0 aliphatic carbocycles. The lowest BCUT2D eigenvalue weighted by Crippen LogP contribution is -2.18. The Morgan fingerprint density at radius 1 is 0.917 bits per heavy atom. The minimum atomic E-state index is -0.500. The lowest BCUT2D eigenvalue weighted by Gasteiger charge is -2.27. The Kier molecular flexibility index (Phi) is 5.48. The van der Waals surface area contributed by atoms with Crippen molar-refractivity contribution in [2.45, 2.75) is 12.3 Å². The van der Waals surface area contributed by atoms with Crippen molar-refractivity contribution in [3.05, 3.63) is 124 Å². The lowest BCUT2D eigenvalue weighted by atomic mass is 9.83. The van der Waals surface area contributed by atoms with Gasteiger partial charge in [0.15, 0.2) is 11.5 Å². The number of Topliss-reactive ketones (excluding diaryl/α,β-unsaturated/α-hetero) is 1. The normalized spacial score (nSPS) is 14.8. The minimum absolute atomic E-state index is 0.0803. The van der Waals surface area contributed by atoms with Crippen LogP contribution in [0.2, 0.25) is 5.02 Å². The quantitative estimate of drug-likeness (QED) is 0.192. The number of nitrogens with zero attached hydrogens (tertiary/aromatic N) is 2. The maximum absolute atomic E-state index is 13.3. The minimum Gasteiger partial charge on any atom is -0.437 e. The van der Waals surface area contributed by atoms with Gasteiger partial charge in [0.1, 0.15) is 0 Å². The van der Waals surface area contributed by atoms with E-state index in [4.69, 9.17) is 21.3 Å². The number of hydrogen-bond donors (Lipinski definition) is 0. The van der Waals surface area contributed by atoms with E-state index < -0.39 is 5.92 Å². The third-order valence-electron chi connectivity index (χ3n) is 6.58. The van der Waals surface area contributed by atoms with Gasteiger partial charge in [0, 0.05) is 44.8 Å². The molecule has 5 aromatic rings. The molecule has 4 nitrogen and oxygen atoms in total. The summed E-state index contributed by atoms with van der Waals surface area (Å²) < 4.78 is 6.33. The van der Waals surface area contributed by atoms with Crippen LogP contribution in [0.4, 0.5) is 0 Å². The number of benzene rings is 4. The summed E-state index contributed by atoms with van der Waals surface area (Å²) in [7, 11) is 0. The highest BCUT2D eigenvalue weighted by Gasteiger charge is 2.34. The molecule has 0 bridgehead atoms. The Morgan fingerprint density at radius 3 is 2.42 bits per heavy atom. The second-order valence-electron chi connectivity index (χ2n) is 8.75. The van der Waals surface area contributed by atoms with Crippen molar-refractivity contribution in [3.63, 3.8) is 0 Å². The Labute approximate surface area is 213 Å². The van der Waals surface area contributed by atoms with E-state index in [0.717, 1.165) is 32.8 Å². The fourth-order valence-electron chi connectivity index (χ4n) is 4.79. The zero-order valence-electron chi connectivity index (χ0n) is 19.1. The smallest absolute Gasteiger partial charge is 0.223 e. The van der Waals surface area contributed by atoms with Crippen molar-refractivity contribution in [3.8, 4) is 11.9 Å². The number of halogens is 1. The first-order chi connectivity index (χ1) is 17.6. The number of rotatable bonds is 4. The number of carbonyl (C=O) groups excluding carboxylic acids is 1. The van der Waals surface area contributed by atoms with Gasteiger partial charge in [-0.25, -0.2) is 4.98 Å². The molecule has 36 heavy (non-hydrogen) atoms. The standard InChI is InChI=1S/C31H19ClN2O2/c32-23-14-12-20(13-15-23)28(35)17-25-26-16-22-11-10-19-6-4-5-9-24(19)29(22)34-31(26)36-30(27(25)18-33)21-7-2-1-3-8-21/h1-16,25H,17H2. The fourth-order valence-corrected chi connectivity index (χ4v) is 4.92. The van der Waals surface area contributed by atoms with Crippen molar-refractivity contribution >= 4 is 44.8 Å². The number of aromatic nitrogens is 1. The topological polar surface area (TPSA) is 63.0 Å². The van der Waals surface area contributed by atoms with Crippen molar-refractivity contribution in [2.75, 3.05) is 0 Å². The highest BCUT2D eigenvalue weighted by molar-refractivity contribution is 6.30. The summed E-state index contributed by atoms with van der Waals surface area (Å²) in [6, 6.07) is 32.8. The Morgan fingerprint density at radius 2 is 1.64 bits per heavy atom. The molecule has 5 heteroatoms. The van der Waals surface area contributed by atoms with Gasteiger partial charge >= 0.3 is 0 Å². The van der Waals surface area contributed by atoms with E-state index in [1.165, 1.54) is 0 Å². The van der Waals surface area contributed by atoms with E-state index in [-0.39, 0.29) is 12.2 Å². The van der Waals surface area contributed by atoms with E-state index in [9.17, 15) is 10.1 Å². The summed E-state index contributed by atoms with van der Waals surface area (Å²) in [5.74, 6) is 0.279. The predicted octanol–water partition coefficient (Wildman–Crippen LogP) is 7.73. The van der Waals surface area contributed by atoms with Gasteiger partial charge in [-0.1, -0.05) is 78.3 Å². The van der Waals surface area contributed by atoms with Crippen LogP contribution in [-0.2, 0) is 0 Å². The Bertz CT molecular complexity index is 1720. The molecular weight excluding hydrogens is 468 g/mol. The molecule has 0 N–H and O–H groups in total. The molecule has 1 aliphatic rings. The number of pyridine rings is 1. The first-order valence-corrected chi connectivity index (χ1v) is 12.0. The molecule has 1 aromatic heterocycles. The van der Waals surface area contributed by atoms with Crippen LogP contribution in [0.1, 0.15) is 33.8 Å². The summed E-state index contributed by atoms with van der Waals surface area (Å²) in [6.45, 7) is 0. The zero-order valence-corrected chi connectivity index (χ0v) is 19.9. The van der Waals surface area contributed by atoms with Crippen LogP contribution in [-0.4, -0.2) is 10.8 Å². The number of fused-ring (bicyclic) bond motifs is 4. The third-order valence-corrected chi connectivity index (χ3v) is 6.83. The molecule has 0 fully saturated rings. The first kappa shape index (κ1) is 22.0. The molecule has 0 saturated heterocycles. The second kappa shape index (κ2) is 8.96. The second-order valence-corrected chi connectivity index (χ2v) is 9.19. The van der Waals surface area contributed by atoms with Crippen LogP contribution in [0, 0.1) is 11.3 Å². The van der Waals surface area contributed by atoms with Gasteiger partial charge in [-0.15, -0.1) is 0 Å². The molecule has 0 radical (unpaired) electrons. The highest BCUT2D eigenvalue weighted by atomic mass is 35.5. The molecule has 0 spiro atoms. The summed E-state index contributed by atoms with van der Waals surface area (Å²) in [5.41, 5.74) is 3.28. The van der Waals surface area contributed by atoms with Crippen LogP contribution in [0.3, 0.4) is 0 Å². The molecule has 1 aliphatic heterocycles. The number of allylic oxidation sites excluding steroid dienone is 1. The fraction of sp³-hybridized carbons (Fsp3) is 0.0645. The van der Waals surface area contributed by atoms with Crippen LogP contribution in [0.5, 0.6) is 5.88 Å². The monoisotopic (exact) mass is 486 g/mol. The molecular formula is C31H19ClN2O2. The molecule has 172 valence electrons. The van der Waals surface area contributed by atoms with Crippen molar-refractivity contribution in [1.82, 2.24) is 4.98 Å². The van der Waals surface area contributed by atoms with E-state index in [1.807, 2.05) is 66.7 Å². The van der Waals surface area contributed by atoms with Gasteiger partial charge in [-0.05, 0) is 35.7 Å². The Hall–Kier alpha value is -4.46. The van der Waals surface area contributed by atoms with Crippen molar-refractivity contribution in [2.24, 2.45) is 0 Å². The molecule has 2 heterocycles. The summed E-state index contributed by atoms with van der Waals surface area (Å²) in [5, 5.41) is 13.9. The number of hydrogen-bond acceptors (Lipinski definition) is 4. The van der Waals surface area contributed by atoms with E-state index in [1.54, 1.807) is 24.3 Å². The zero-order chi connectivity index (χ0) is 24.6. The van der Waals surface area contributed by atoms with Crippen LogP contribution < -0.4 is 4.74 Å². The van der Waals surface area contributed by atoms with E-state index in [0.29, 0.717) is 27.8 Å². The number of carbonyl (C=O) groups is 1. The van der Waals surface area contributed by atoms with Gasteiger partial charge in [0.05, 0.1) is 17.2 Å². The number of nitriles is 1. The van der Waals surface area contributed by atoms with Crippen LogP contribution in [0.25, 0.3) is 27.4 Å². The summed E-state index contributed by atoms with van der Waals surface area (Å²) in [6.07, 6.45) is 0.109. The SMILES string of the molecule is N#CC1=C(c2ccccc2)Oc2nc3c(ccc4ccccc43)cc2C1CC(=O)c1ccc(Cl)cc1. The highest BCUT2D eigenvalue weighted by Crippen LogP contribution is 2.45. The first-order valence-electron chi connectivity index (χ1n) is 11.6. The lowest BCUT2D eigenvalue weighted by molar-refractivity contribution is 0.0977. The van der Waals surface area contributed by atoms with Gasteiger partial charge in [-0.3, -0.25) is 4.79 Å². The van der Waals surface area contributed by atoms with Gasteiger partial charge in [0.25, 0.3) is 0 Å². The van der Waals surface area contributed by atoms with E-state index in [2.05, 4.69) is 12.1 Å². The molecule has 6 rings (SSSR count).